The van der Waals surface area contributed by atoms with E-state index in [2.05, 4.69) is 26.6 Å². The molecule has 0 aromatic heterocycles. The molecule has 0 aliphatic heterocycles. The molecule has 2 rings (SSSR count). The van der Waals surface area contributed by atoms with Crippen LogP contribution in [0.4, 0.5) is 16.2 Å². The van der Waals surface area contributed by atoms with Crippen molar-refractivity contribution in [2.45, 2.75) is 0 Å². The molecule has 2 aromatic rings. The van der Waals surface area contributed by atoms with Gasteiger partial charge in [0.25, 0.3) is 0 Å². The maximum atomic E-state index is 11.7. The maximum absolute atomic E-state index is 11.7. The number of urea groups is 1. The number of para-hydroxylation sites is 1. The number of amides is 2. The van der Waals surface area contributed by atoms with Crippen molar-refractivity contribution in [3.05, 3.63) is 58.0 Å². The van der Waals surface area contributed by atoms with Crippen LogP contribution in [0.2, 0.25) is 5.02 Å². The van der Waals surface area contributed by atoms with Crippen LogP contribution in [0.3, 0.4) is 0 Å². The Morgan fingerprint density at radius 1 is 1.06 bits per heavy atom. The smallest absolute Gasteiger partial charge is 0.308 e. The summed E-state index contributed by atoms with van der Waals surface area (Å²) in [4.78, 5) is 11.7. The fourth-order valence-corrected chi connectivity index (χ4v) is 2.18. The lowest BCUT2D eigenvalue weighted by Gasteiger charge is -2.09. The molecule has 0 heterocycles. The zero-order valence-electron chi connectivity index (χ0n) is 9.28. The topological polar surface area (TPSA) is 41.1 Å². The third-order valence-corrected chi connectivity index (χ3v) is 3.10. The molecule has 0 unspecified atom stereocenters. The van der Waals surface area contributed by atoms with Gasteiger partial charge in [-0.25, -0.2) is 4.79 Å². The Bertz CT molecular complexity index is 560. The molecule has 2 amide bonds. The van der Waals surface area contributed by atoms with Crippen LogP contribution >= 0.6 is 27.5 Å². The van der Waals surface area contributed by atoms with Gasteiger partial charge in [0.15, 0.2) is 0 Å². The molecule has 0 aliphatic rings. The van der Waals surface area contributed by atoms with Crippen molar-refractivity contribution in [1.82, 2.24) is 0 Å². The molecular formula is C13H10BrClN2O. The molecular weight excluding hydrogens is 316 g/mol. The number of benzene rings is 2. The summed E-state index contributed by atoms with van der Waals surface area (Å²) in [5.74, 6) is 0. The van der Waals surface area contributed by atoms with Crippen molar-refractivity contribution >= 4 is 44.9 Å². The second-order valence-corrected chi connectivity index (χ2v) is 4.86. The summed E-state index contributed by atoms with van der Waals surface area (Å²) < 4.78 is 0.734. The summed E-state index contributed by atoms with van der Waals surface area (Å²) in [5.41, 5.74) is 1.40. The lowest BCUT2D eigenvalue weighted by molar-refractivity contribution is 0.262. The molecule has 92 valence electrons. The average Bonchev–Trinajstić information content (AvgIpc) is 2.34. The van der Waals surface area contributed by atoms with E-state index in [1.807, 2.05) is 30.3 Å². The van der Waals surface area contributed by atoms with Crippen LogP contribution in [-0.2, 0) is 0 Å². The summed E-state index contributed by atoms with van der Waals surface area (Å²) in [5, 5.41) is 6.07. The van der Waals surface area contributed by atoms with E-state index in [1.165, 1.54) is 0 Å². The van der Waals surface area contributed by atoms with E-state index in [-0.39, 0.29) is 6.03 Å². The summed E-state index contributed by atoms with van der Waals surface area (Å²) in [6, 6.07) is 14.1. The third kappa shape index (κ3) is 3.48. The minimum Gasteiger partial charge on any atom is -0.308 e. The number of rotatable bonds is 2. The van der Waals surface area contributed by atoms with Crippen molar-refractivity contribution in [1.29, 1.82) is 0 Å². The van der Waals surface area contributed by atoms with E-state index in [0.717, 1.165) is 10.2 Å². The number of halogens is 2. The Balaban J connectivity index is 2.03. The maximum Gasteiger partial charge on any atom is 0.323 e. The summed E-state index contributed by atoms with van der Waals surface area (Å²) in [6.45, 7) is 0. The van der Waals surface area contributed by atoms with E-state index in [4.69, 9.17) is 11.6 Å². The molecule has 0 atom stereocenters. The molecule has 0 spiro atoms. The molecule has 18 heavy (non-hydrogen) atoms. The van der Waals surface area contributed by atoms with Gasteiger partial charge in [-0.15, -0.1) is 0 Å². The van der Waals surface area contributed by atoms with Gasteiger partial charge in [0.05, 0.1) is 5.69 Å². The van der Waals surface area contributed by atoms with Crippen molar-refractivity contribution < 1.29 is 4.79 Å². The van der Waals surface area contributed by atoms with Gasteiger partial charge in [-0.3, -0.25) is 0 Å². The summed E-state index contributed by atoms with van der Waals surface area (Å²) in [7, 11) is 0. The minimum absolute atomic E-state index is 0.302. The third-order valence-electron chi connectivity index (χ3n) is 2.21. The van der Waals surface area contributed by atoms with E-state index in [1.54, 1.807) is 18.2 Å². The Labute approximate surface area is 118 Å². The molecule has 0 radical (unpaired) electrons. The van der Waals surface area contributed by atoms with Crippen molar-refractivity contribution in [3.8, 4) is 0 Å². The number of hydrogen-bond donors (Lipinski definition) is 2. The van der Waals surface area contributed by atoms with Gasteiger partial charge >= 0.3 is 6.03 Å². The van der Waals surface area contributed by atoms with Crippen LogP contribution < -0.4 is 10.6 Å². The monoisotopic (exact) mass is 324 g/mol. The summed E-state index contributed by atoms with van der Waals surface area (Å²) in [6.07, 6.45) is 0. The van der Waals surface area contributed by atoms with Crippen molar-refractivity contribution in [2.75, 3.05) is 10.6 Å². The van der Waals surface area contributed by atoms with E-state index >= 15 is 0 Å². The van der Waals surface area contributed by atoms with Gasteiger partial charge in [-0.05, 0) is 46.3 Å². The highest BCUT2D eigenvalue weighted by atomic mass is 79.9. The fraction of sp³-hybridized carbons (Fsp3) is 0. The predicted octanol–water partition coefficient (Wildman–Crippen LogP) is 4.75. The van der Waals surface area contributed by atoms with Crippen molar-refractivity contribution in [2.24, 2.45) is 0 Å². The van der Waals surface area contributed by atoms with Gasteiger partial charge in [0, 0.05) is 15.2 Å². The van der Waals surface area contributed by atoms with Gasteiger partial charge < -0.3 is 10.6 Å². The second-order valence-electron chi connectivity index (χ2n) is 3.57. The van der Waals surface area contributed by atoms with E-state index in [0.29, 0.717) is 10.7 Å². The zero-order valence-corrected chi connectivity index (χ0v) is 11.6. The van der Waals surface area contributed by atoms with E-state index < -0.39 is 0 Å². The number of anilines is 2. The second kappa shape index (κ2) is 5.89. The van der Waals surface area contributed by atoms with Crippen LogP contribution in [-0.4, -0.2) is 6.03 Å². The number of carbonyl (C=O) groups excluding carboxylic acids is 1. The normalized spacial score (nSPS) is 9.89. The highest BCUT2D eigenvalue weighted by Crippen LogP contribution is 2.25. The molecule has 2 aromatic carbocycles. The van der Waals surface area contributed by atoms with Gasteiger partial charge in [0.1, 0.15) is 0 Å². The molecule has 0 aliphatic carbocycles. The first-order chi connectivity index (χ1) is 8.65. The lowest BCUT2D eigenvalue weighted by atomic mass is 10.3. The average molecular weight is 326 g/mol. The van der Waals surface area contributed by atoms with E-state index in [9.17, 15) is 4.79 Å². The first kappa shape index (κ1) is 12.9. The van der Waals surface area contributed by atoms with Crippen molar-refractivity contribution in [3.63, 3.8) is 0 Å². The molecule has 2 N–H and O–H groups in total. The predicted molar refractivity (Wildman–Crippen MR) is 78.2 cm³/mol. The number of hydrogen-bond acceptors (Lipinski definition) is 1. The highest BCUT2D eigenvalue weighted by Gasteiger charge is 2.05. The molecule has 3 nitrogen and oxygen atoms in total. The first-order valence-corrected chi connectivity index (χ1v) is 6.40. The molecule has 0 bridgehead atoms. The fourth-order valence-electron chi connectivity index (χ4n) is 1.40. The SMILES string of the molecule is O=C(Nc1ccccc1)Nc1ccc(Cl)cc1Br. The molecule has 0 fully saturated rings. The van der Waals surface area contributed by atoms with Crippen LogP contribution in [0, 0.1) is 0 Å². The van der Waals surface area contributed by atoms with Crippen LogP contribution in [0.1, 0.15) is 0 Å². The first-order valence-electron chi connectivity index (χ1n) is 5.23. The Morgan fingerprint density at radius 2 is 1.78 bits per heavy atom. The molecule has 0 saturated carbocycles. The Hall–Kier alpha value is -1.52. The Kier molecular flexibility index (Phi) is 4.23. The number of carbonyl (C=O) groups is 1. The van der Waals surface area contributed by atoms with Crippen LogP contribution in [0.5, 0.6) is 0 Å². The highest BCUT2D eigenvalue weighted by molar-refractivity contribution is 9.10. The zero-order chi connectivity index (χ0) is 13.0. The van der Waals surface area contributed by atoms with Crippen LogP contribution in [0.15, 0.2) is 53.0 Å². The van der Waals surface area contributed by atoms with Crippen LogP contribution in [0.25, 0.3) is 0 Å². The van der Waals surface area contributed by atoms with Gasteiger partial charge in [-0.2, -0.15) is 0 Å². The van der Waals surface area contributed by atoms with Gasteiger partial charge in [-0.1, -0.05) is 29.8 Å². The Morgan fingerprint density at radius 3 is 2.44 bits per heavy atom. The standard InChI is InChI=1S/C13H10BrClN2O/c14-11-8-9(15)6-7-12(11)17-13(18)16-10-4-2-1-3-5-10/h1-8H,(H2,16,17,18). The largest absolute Gasteiger partial charge is 0.323 e. The quantitative estimate of drug-likeness (QED) is 0.822. The minimum atomic E-state index is -0.302. The number of nitrogens with one attached hydrogen (secondary N) is 2. The lowest BCUT2D eigenvalue weighted by Crippen LogP contribution is -2.19. The molecule has 5 heteroatoms. The van der Waals surface area contributed by atoms with Gasteiger partial charge in [0.2, 0.25) is 0 Å². The molecule has 0 saturated heterocycles. The summed E-state index contributed by atoms with van der Waals surface area (Å²) >= 11 is 9.16.